The quantitative estimate of drug-likeness (QED) is 0.656. The van der Waals surface area contributed by atoms with Crippen molar-refractivity contribution in [3.8, 4) is 5.75 Å². The summed E-state index contributed by atoms with van der Waals surface area (Å²) < 4.78 is 25.5. The second kappa shape index (κ2) is 7.12. The summed E-state index contributed by atoms with van der Waals surface area (Å²) in [6, 6.07) is 2.57. The molecule has 0 unspecified atom stereocenters. The van der Waals surface area contributed by atoms with Gasteiger partial charge in [-0.3, -0.25) is 0 Å². The van der Waals surface area contributed by atoms with Crippen LogP contribution in [0.5, 0.6) is 5.75 Å². The first-order valence-corrected chi connectivity index (χ1v) is 6.29. The van der Waals surface area contributed by atoms with Gasteiger partial charge in [-0.05, 0) is 62.9 Å². The third-order valence-electron chi connectivity index (χ3n) is 1.90. The largest absolute Gasteiger partial charge is 0.506 e. The fourth-order valence-corrected chi connectivity index (χ4v) is 2.94. The van der Waals surface area contributed by atoms with Crippen molar-refractivity contribution in [1.29, 1.82) is 0 Å². The molecule has 1 rings (SSSR count). The molecule has 1 aromatic rings. The Morgan fingerprint density at radius 3 is 2.06 bits per heavy atom. The SMILES string of the molecule is Cl.N[C@H](CC(F)F)c1cc(I)c(O)c(I)c1. The predicted octanol–water partition coefficient (Wildman–Crippen LogP) is 3.68. The van der Waals surface area contributed by atoms with Crippen LogP contribution in [0.25, 0.3) is 0 Å². The van der Waals surface area contributed by atoms with Gasteiger partial charge in [0.15, 0.2) is 0 Å². The third-order valence-corrected chi connectivity index (χ3v) is 3.54. The smallest absolute Gasteiger partial charge is 0.240 e. The molecule has 0 spiro atoms. The van der Waals surface area contributed by atoms with Gasteiger partial charge in [-0.1, -0.05) is 0 Å². The van der Waals surface area contributed by atoms with Crippen molar-refractivity contribution >= 4 is 57.6 Å². The number of alkyl halides is 2. The summed E-state index contributed by atoms with van der Waals surface area (Å²) in [5.74, 6) is 0.171. The lowest BCUT2D eigenvalue weighted by Gasteiger charge is -2.13. The molecule has 0 heterocycles. The lowest BCUT2D eigenvalue weighted by molar-refractivity contribution is 0.128. The molecule has 0 bridgehead atoms. The molecule has 3 N–H and O–H groups in total. The monoisotopic (exact) mass is 475 g/mol. The van der Waals surface area contributed by atoms with E-state index < -0.39 is 12.5 Å². The Balaban J connectivity index is 0.00000225. The van der Waals surface area contributed by atoms with E-state index in [0.717, 1.165) is 0 Å². The van der Waals surface area contributed by atoms with Crippen molar-refractivity contribution in [2.24, 2.45) is 5.73 Å². The molecule has 7 heteroatoms. The van der Waals surface area contributed by atoms with Crippen molar-refractivity contribution in [3.63, 3.8) is 0 Å². The lowest BCUT2D eigenvalue weighted by Crippen LogP contribution is -2.14. The van der Waals surface area contributed by atoms with Gasteiger partial charge < -0.3 is 10.8 Å². The highest BCUT2D eigenvalue weighted by atomic mass is 127. The van der Waals surface area contributed by atoms with Crippen LogP contribution in [0.4, 0.5) is 8.78 Å². The number of aromatic hydroxyl groups is 1. The van der Waals surface area contributed by atoms with Gasteiger partial charge in [0.2, 0.25) is 6.43 Å². The lowest BCUT2D eigenvalue weighted by atomic mass is 10.1. The van der Waals surface area contributed by atoms with E-state index in [1.54, 1.807) is 12.1 Å². The van der Waals surface area contributed by atoms with E-state index in [1.807, 2.05) is 45.2 Å². The molecule has 0 aliphatic heterocycles. The average molecular weight is 475 g/mol. The summed E-state index contributed by atoms with van der Waals surface area (Å²) in [5, 5.41) is 9.49. The normalized spacial score (nSPS) is 12.4. The maximum Gasteiger partial charge on any atom is 0.240 e. The van der Waals surface area contributed by atoms with Crippen LogP contribution in [0.2, 0.25) is 0 Å². The van der Waals surface area contributed by atoms with Gasteiger partial charge in [-0.15, -0.1) is 12.4 Å². The summed E-state index contributed by atoms with van der Waals surface area (Å²) in [6.45, 7) is 0. The number of phenols is 1. The number of hydrogen-bond donors (Lipinski definition) is 2. The van der Waals surface area contributed by atoms with Crippen LogP contribution in [0.15, 0.2) is 12.1 Å². The molecule has 0 saturated heterocycles. The molecule has 0 aromatic heterocycles. The molecule has 0 aliphatic rings. The topological polar surface area (TPSA) is 46.2 Å². The Morgan fingerprint density at radius 2 is 1.69 bits per heavy atom. The first-order chi connectivity index (χ1) is 6.91. The second-order valence-corrected chi connectivity index (χ2v) is 5.39. The van der Waals surface area contributed by atoms with Crippen LogP contribution in [0, 0.1) is 7.14 Å². The maximum absolute atomic E-state index is 12.1. The van der Waals surface area contributed by atoms with E-state index >= 15 is 0 Å². The van der Waals surface area contributed by atoms with Crippen molar-refractivity contribution in [3.05, 3.63) is 24.8 Å². The van der Waals surface area contributed by atoms with Gasteiger partial charge in [-0.25, -0.2) is 8.78 Å². The van der Waals surface area contributed by atoms with E-state index in [-0.39, 0.29) is 24.6 Å². The van der Waals surface area contributed by atoms with E-state index in [1.165, 1.54) is 0 Å². The summed E-state index contributed by atoms with van der Waals surface area (Å²) in [7, 11) is 0. The summed E-state index contributed by atoms with van der Waals surface area (Å²) in [6.07, 6.45) is -2.78. The van der Waals surface area contributed by atoms with Crippen molar-refractivity contribution in [2.45, 2.75) is 18.9 Å². The molecule has 0 fully saturated rings. The molecule has 0 aliphatic carbocycles. The summed E-state index contributed by atoms with van der Waals surface area (Å²) in [4.78, 5) is 0. The zero-order valence-electron chi connectivity index (χ0n) is 7.96. The van der Waals surface area contributed by atoms with E-state index in [9.17, 15) is 13.9 Å². The first-order valence-electron chi connectivity index (χ1n) is 4.13. The average Bonchev–Trinajstić information content (AvgIpc) is 2.12. The zero-order chi connectivity index (χ0) is 11.6. The molecule has 92 valence electrons. The maximum atomic E-state index is 12.1. The van der Waals surface area contributed by atoms with Crippen LogP contribution in [-0.2, 0) is 0 Å². The predicted molar refractivity (Wildman–Crippen MR) is 78.3 cm³/mol. The second-order valence-electron chi connectivity index (χ2n) is 3.07. The molecular formula is C9H10ClF2I2NO. The third kappa shape index (κ3) is 4.46. The molecule has 0 radical (unpaired) electrons. The van der Waals surface area contributed by atoms with E-state index in [0.29, 0.717) is 12.7 Å². The highest BCUT2D eigenvalue weighted by Crippen LogP contribution is 2.30. The fourth-order valence-electron chi connectivity index (χ4n) is 1.13. The number of hydrogen-bond acceptors (Lipinski definition) is 2. The molecule has 0 amide bonds. The van der Waals surface area contributed by atoms with Gasteiger partial charge in [0.1, 0.15) is 5.75 Å². The molecule has 0 saturated carbocycles. The van der Waals surface area contributed by atoms with Crippen molar-refractivity contribution < 1.29 is 13.9 Å². The number of phenolic OH excluding ortho intramolecular Hbond substituents is 1. The van der Waals surface area contributed by atoms with Gasteiger partial charge >= 0.3 is 0 Å². The molecule has 2 nitrogen and oxygen atoms in total. The van der Waals surface area contributed by atoms with Crippen LogP contribution < -0.4 is 5.73 Å². The van der Waals surface area contributed by atoms with Gasteiger partial charge in [-0.2, -0.15) is 0 Å². The van der Waals surface area contributed by atoms with E-state index in [4.69, 9.17) is 5.73 Å². The Bertz CT molecular complexity index is 342. The Hall–Kier alpha value is 0.590. The number of halogens is 5. The van der Waals surface area contributed by atoms with Crippen LogP contribution >= 0.6 is 57.6 Å². The highest BCUT2D eigenvalue weighted by molar-refractivity contribution is 14.1. The Kier molecular flexibility index (Phi) is 7.38. The van der Waals surface area contributed by atoms with Crippen LogP contribution in [0.3, 0.4) is 0 Å². The molecule has 16 heavy (non-hydrogen) atoms. The Morgan fingerprint density at radius 1 is 1.25 bits per heavy atom. The number of benzene rings is 1. The summed E-state index contributed by atoms with van der Waals surface area (Å²) in [5.41, 5.74) is 6.24. The minimum absolute atomic E-state index is 0. The van der Waals surface area contributed by atoms with Gasteiger partial charge in [0.05, 0.1) is 7.14 Å². The molecule has 1 atom stereocenters. The van der Waals surface area contributed by atoms with Gasteiger partial charge in [0.25, 0.3) is 0 Å². The molecule has 1 aromatic carbocycles. The minimum atomic E-state index is -2.41. The van der Waals surface area contributed by atoms with E-state index in [2.05, 4.69) is 0 Å². The number of rotatable bonds is 3. The number of nitrogens with two attached hydrogens (primary N) is 1. The molecular weight excluding hydrogens is 465 g/mol. The zero-order valence-corrected chi connectivity index (χ0v) is 13.1. The van der Waals surface area contributed by atoms with Crippen LogP contribution in [-0.4, -0.2) is 11.5 Å². The van der Waals surface area contributed by atoms with Crippen molar-refractivity contribution in [1.82, 2.24) is 0 Å². The Labute approximate surface area is 126 Å². The standard InChI is InChI=1S/C9H9F2I2NO.ClH/c10-8(11)3-7(14)4-1-5(12)9(15)6(13)2-4;/h1-2,7-8,15H,3,14H2;1H/t7-;/m1./s1. The summed E-state index contributed by atoms with van der Waals surface area (Å²) >= 11 is 3.89. The minimum Gasteiger partial charge on any atom is -0.506 e. The first kappa shape index (κ1) is 16.6. The van der Waals surface area contributed by atoms with Crippen LogP contribution in [0.1, 0.15) is 18.0 Å². The highest BCUT2D eigenvalue weighted by Gasteiger charge is 2.15. The van der Waals surface area contributed by atoms with Gasteiger partial charge in [0, 0.05) is 12.5 Å². The fraction of sp³-hybridized carbons (Fsp3) is 0.333. The van der Waals surface area contributed by atoms with Crippen molar-refractivity contribution in [2.75, 3.05) is 0 Å².